The number of carbonyl (C=O) groups is 1. The van der Waals surface area contributed by atoms with Crippen LogP contribution in [0.5, 0.6) is 0 Å². The van der Waals surface area contributed by atoms with Crippen molar-refractivity contribution in [3.05, 3.63) is 29.6 Å². The van der Waals surface area contributed by atoms with Crippen molar-refractivity contribution in [1.82, 2.24) is 14.9 Å². The molecule has 1 amide bonds. The molecule has 1 saturated heterocycles. The summed E-state index contributed by atoms with van der Waals surface area (Å²) in [5, 5.41) is 0. The molecule has 0 saturated carbocycles. The molecule has 1 aliphatic rings. The quantitative estimate of drug-likeness (QED) is 0.857. The number of aryl methyl sites for hydroxylation is 1. The Labute approximate surface area is 111 Å². The lowest BCUT2D eigenvalue weighted by atomic mass is 10.1. The summed E-state index contributed by atoms with van der Waals surface area (Å²) < 4.78 is 0. The van der Waals surface area contributed by atoms with Gasteiger partial charge in [0.1, 0.15) is 11.9 Å². The highest BCUT2D eigenvalue weighted by Gasteiger charge is 2.25. The number of hydrogen-bond donors (Lipinski definition) is 2. The summed E-state index contributed by atoms with van der Waals surface area (Å²) in [6.07, 6.45) is 2.16. The maximum Gasteiger partial charge on any atom is 0.244 e. The molecule has 5 heteroatoms. The van der Waals surface area contributed by atoms with Crippen molar-refractivity contribution < 1.29 is 4.79 Å². The highest BCUT2D eigenvalue weighted by atomic mass is 16.2. The monoisotopic (exact) mass is 258 g/mol. The third-order valence-corrected chi connectivity index (χ3v) is 3.67. The molecule has 1 unspecified atom stereocenters. The SMILES string of the molecule is Cc1nc2ccc(C(N)C(=O)N3CCCC3)cc2[nH]1. The van der Waals surface area contributed by atoms with Gasteiger partial charge in [-0.1, -0.05) is 6.07 Å². The summed E-state index contributed by atoms with van der Waals surface area (Å²) in [4.78, 5) is 21.6. The van der Waals surface area contributed by atoms with Crippen molar-refractivity contribution in [2.45, 2.75) is 25.8 Å². The van der Waals surface area contributed by atoms with Crippen molar-refractivity contribution in [2.24, 2.45) is 5.73 Å². The van der Waals surface area contributed by atoms with Gasteiger partial charge in [-0.05, 0) is 37.5 Å². The van der Waals surface area contributed by atoms with Gasteiger partial charge in [-0.15, -0.1) is 0 Å². The smallest absolute Gasteiger partial charge is 0.244 e. The zero-order valence-corrected chi connectivity index (χ0v) is 11.0. The lowest BCUT2D eigenvalue weighted by Gasteiger charge is -2.20. The number of benzene rings is 1. The number of fused-ring (bicyclic) bond motifs is 1. The fourth-order valence-corrected chi connectivity index (χ4v) is 2.63. The van der Waals surface area contributed by atoms with Crippen molar-refractivity contribution in [3.8, 4) is 0 Å². The van der Waals surface area contributed by atoms with Crippen molar-refractivity contribution in [1.29, 1.82) is 0 Å². The molecule has 1 aliphatic heterocycles. The minimum Gasteiger partial charge on any atom is -0.342 e. The van der Waals surface area contributed by atoms with Gasteiger partial charge in [-0.2, -0.15) is 0 Å². The van der Waals surface area contributed by atoms with Crippen LogP contribution in [0.2, 0.25) is 0 Å². The summed E-state index contributed by atoms with van der Waals surface area (Å²) >= 11 is 0. The largest absolute Gasteiger partial charge is 0.342 e. The number of aromatic nitrogens is 2. The van der Waals surface area contributed by atoms with Gasteiger partial charge >= 0.3 is 0 Å². The van der Waals surface area contributed by atoms with E-state index in [2.05, 4.69) is 9.97 Å². The van der Waals surface area contributed by atoms with E-state index in [0.717, 1.165) is 48.4 Å². The van der Waals surface area contributed by atoms with Gasteiger partial charge in [0.25, 0.3) is 0 Å². The fourth-order valence-electron chi connectivity index (χ4n) is 2.63. The average Bonchev–Trinajstić information content (AvgIpc) is 3.03. The Bertz CT molecular complexity index is 613. The highest BCUT2D eigenvalue weighted by Crippen LogP contribution is 2.21. The lowest BCUT2D eigenvalue weighted by Crippen LogP contribution is -2.36. The molecule has 0 spiro atoms. The van der Waals surface area contributed by atoms with E-state index >= 15 is 0 Å². The Morgan fingerprint density at radius 1 is 1.42 bits per heavy atom. The third kappa shape index (κ3) is 2.21. The van der Waals surface area contributed by atoms with Crippen LogP contribution < -0.4 is 5.73 Å². The van der Waals surface area contributed by atoms with Gasteiger partial charge in [-0.25, -0.2) is 4.98 Å². The molecule has 2 heterocycles. The maximum absolute atomic E-state index is 12.3. The summed E-state index contributed by atoms with van der Waals surface area (Å²) in [5.41, 5.74) is 8.77. The van der Waals surface area contributed by atoms with E-state index in [9.17, 15) is 4.79 Å². The van der Waals surface area contributed by atoms with Gasteiger partial charge in [0.2, 0.25) is 5.91 Å². The van der Waals surface area contributed by atoms with Crippen LogP contribution in [-0.2, 0) is 4.79 Å². The fraction of sp³-hybridized carbons (Fsp3) is 0.429. The molecule has 100 valence electrons. The average molecular weight is 258 g/mol. The second kappa shape index (κ2) is 4.66. The Balaban J connectivity index is 1.87. The van der Waals surface area contributed by atoms with Crippen LogP contribution in [0.4, 0.5) is 0 Å². The number of imidazole rings is 1. The first-order valence-corrected chi connectivity index (χ1v) is 6.66. The van der Waals surface area contributed by atoms with Crippen molar-refractivity contribution >= 4 is 16.9 Å². The minimum atomic E-state index is -0.578. The molecule has 0 radical (unpaired) electrons. The normalized spacial score (nSPS) is 17.1. The maximum atomic E-state index is 12.3. The first-order chi connectivity index (χ1) is 9.15. The summed E-state index contributed by atoms with van der Waals surface area (Å²) in [5.74, 6) is 0.889. The van der Waals surface area contributed by atoms with E-state index in [1.54, 1.807) is 0 Å². The van der Waals surface area contributed by atoms with E-state index in [1.165, 1.54) is 0 Å². The number of likely N-dealkylation sites (tertiary alicyclic amines) is 1. The number of nitrogens with two attached hydrogens (primary N) is 1. The number of H-pyrrole nitrogens is 1. The number of rotatable bonds is 2. The molecule has 0 bridgehead atoms. The Morgan fingerprint density at radius 2 is 2.16 bits per heavy atom. The number of nitrogens with zero attached hydrogens (tertiary/aromatic N) is 2. The first kappa shape index (κ1) is 12.2. The molecule has 5 nitrogen and oxygen atoms in total. The predicted octanol–water partition coefficient (Wildman–Crippen LogP) is 1.49. The van der Waals surface area contributed by atoms with E-state index in [0.29, 0.717) is 0 Å². The van der Waals surface area contributed by atoms with Gasteiger partial charge in [0.05, 0.1) is 11.0 Å². The number of amides is 1. The number of nitrogens with one attached hydrogen (secondary N) is 1. The van der Waals surface area contributed by atoms with E-state index < -0.39 is 6.04 Å². The van der Waals surface area contributed by atoms with Crippen LogP contribution in [0.3, 0.4) is 0 Å². The molecule has 1 fully saturated rings. The Hall–Kier alpha value is -1.88. The molecule has 19 heavy (non-hydrogen) atoms. The third-order valence-electron chi connectivity index (χ3n) is 3.67. The summed E-state index contributed by atoms with van der Waals surface area (Å²) in [6, 6.07) is 5.15. The molecule has 1 aromatic carbocycles. The second-order valence-corrected chi connectivity index (χ2v) is 5.11. The topological polar surface area (TPSA) is 75.0 Å². The number of hydrogen-bond acceptors (Lipinski definition) is 3. The number of carbonyl (C=O) groups excluding carboxylic acids is 1. The molecule has 3 N–H and O–H groups in total. The summed E-state index contributed by atoms with van der Waals surface area (Å²) in [6.45, 7) is 3.57. The molecule has 0 aliphatic carbocycles. The van der Waals surface area contributed by atoms with Gasteiger partial charge in [-0.3, -0.25) is 4.79 Å². The van der Waals surface area contributed by atoms with Crippen molar-refractivity contribution in [2.75, 3.05) is 13.1 Å². The van der Waals surface area contributed by atoms with Crippen LogP contribution >= 0.6 is 0 Å². The van der Waals surface area contributed by atoms with Crippen LogP contribution in [-0.4, -0.2) is 33.9 Å². The van der Waals surface area contributed by atoms with Crippen LogP contribution in [0.15, 0.2) is 18.2 Å². The lowest BCUT2D eigenvalue weighted by molar-refractivity contribution is -0.131. The molecule has 2 aromatic rings. The second-order valence-electron chi connectivity index (χ2n) is 5.11. The summed E-state index contributed by atoms with van der Waals surface area (Å²) in [7, 11) is 0. The predicted molar refractivity (Wildman–Crippen MR) is 73.6 cm³/mol. The standard InChI is InChI=1S/C14H18N4O/c1-9-16-11-5-4-10(8-12(11)17-9)13(15)14(19)18-6-2-3-7-18/h4-5,8,13H,2-3,6-7,15H2,1H3,(H,16,17). The van der Waals surface area contributed by atoms with E-state index in [1.807, 2.05) is 30.0 Å². The highest BCUT2D eigenvalue weighted by molar-refractivity contribution is 5.85. The minimum absolute atomic E-state index is 0.0214. The number of aromatic amines is 1. The van der Waals surface area contributed by atoms with Crippen LogP contribution in [0.25, 0.3) is 11.0 Å². The molecule has 3 rings (SSSR count). The zero-order valence-electron chi connectivity index (χ0n) is 11.0. The Morgan fingerprint density at radius 3 is 2.89 bits per heavy atom. The molecule has 1 aromatic heterocycles. The Kier molecular flexibility index (Phi) is 2.98. The van der Waals surface area contributed by atoms with Crippen LogP contribution in [0, 0.1) is 6.92 Å². The van der Waals surface area contributed by atoms with Crippen LogP contribution in [0.1, 0.15) is 30.3 Å². The zero-order chi connectivity index (χ0) is 13.4. The van der Waals surface area contributed by atoms with Gasteiger partial charge in [0.15, 0.2) is 0 Å². The molecular weight excluding hydrogens is 240 g/mol. The van der Waals surface area contributed by atoms with E-state index in [-0.39, 0.29) is 5.91 Å². The first-order valence-electron chi connectivity index (χ1n) is 6.66. The molecule has 1 atom stereocenters. The van der Waals surface area contributed by atoms with E-state index in [4.69, 9.17) is 5.73 Å². The van der Waals surface area contributed by atoms with Gasteiger partial charge in [0, 0.05) is 13.1 Å². The van der Waals surface area contributed by atoms with Crippen molar-refractivity contribution in [3.63, 3.8) is 0 Å². The van der Waals surface area contributed by atoms with Gasteiger partial charge < -0.3 is 15.6 Å². The molecular formula is C14H18N4O.